The summed E-state index contributed by atoms with van der Waals surface area (Å²) in [6.07, 6.45) is 1.98. The minimum Gasteiger partial charge on any atom is -0.325 e. The van der Waals surface area contributed by atoms with Crippen molar-refractivity contribution < 1.29 is 13.2 Å². The van der Waals surface area contributed by atoms with Crippen molar-refractivity contribution in [2.45, 2.75) is 24.7 Å². The first kappa shape index (κ1) is 18.7. The average molecular weight is 438 g/mol. The van der Waals surface area contributed by atoms with Crippen LogP contribution in [-0.4, -0.2) is 32.4 Å². The summed E-state index contributed by atoms with van der Waals surface area (Å²) < 4.78 is 28.6. The van der Waals surface area contributed by atoms with Crippen LogP contribution < -0.4 is 10.0 Å². The van der Waals surface area contributed by atoms with Gasteiger partial charge >= 0.3 is 6.03 Å². The summed E-state index contributed by atoms with van der Waals surface area (Å²) in [5, 5.41) is 2.80. The largest absolute Gasteiger partial charge is 0.325 e. The van der Waals surface area contributed by atoms with Crippen LogP contribution in [0.15, 0.2) is 51.8 Å². The number of para-hydroxylation sites is 2. The van der Waals surface area contributed by atoms with E-state index in [0.717, 1.165) is 31.5 Å². The summed E-state index contributed by atoms with van der Waals surface area (Å²) in [6, 6.07) is 11.6. The molecule has 2 N–H and O–H groups in total. The lowest BCUT2D eigenvalue weighted by Gasteiger charge is -2.18. The molecule has 1 aliphatic rings. The second kappa shape index (κ2) is 7.67. The third-order valence-corrected chi connectivity index (χ3v) is 6.53. The molecular formula is C18H20BrN3O3S. The molecule has 1 saturated heterocycles. The Labute approximate surface area is 161 Å². The minimum absolute atomic E-state index is 0.142. The number of sulfonamides is 1. The highest BCUT2D eigenvalue weighted by Crippen LogP contribution is 2.28. The first-order chi connectivity index (χ1) is 12.4. The van der Waals surface area contributed by atoms with Crippen LogP contribution in [0.25, 0.3) is 0 Å². The quantitative estimate of drug-likeness (QED) is 0.752. The summed E-state index contributed by atoms with van der Waals surface area (Å²) >= 11 is 3.30. The highest BCUT2D eigenvalue weighted by atomic mass is 79.9. The van der Waals surface area contributed by atoms with E-state index >= 15 is 0 Å². The number of likely N-dealkylation sites (tertiary alicyclic amines) is 1. The topological polar surface area (TPSA) is 78.5 Å². The number of halogens is 1. The zero-order valence-corrected chi connectivity index (χ0v) is 16.7. The molecule has 1 heterocycles. The molecule has 0 saturated carbocycles. The van der Waals surface area contributed by atoms with E-state index in [4.69, 9.17) is 0 Å². The highest BCUT2D eigenvalue weighted by molar-refractivity contribution is 9.10. The fourth-order valence-corrected chi connectivity index (χ4v) is 5.09. The first-order valence-electron chi connectivity index (χ1n) is 8.31. The number of carbonyl (C=O) groups is 1. The number of urea groups is 1. The molecule has 2 aromatic carbocycles. The third-order valence-electron chi connectivity index (χ3n) is 4.18. The molecule has 3 rings (SSSR count). The molecule has 8 heteroatoms. The predicted octanol–water partition coefficient (Wildman–Crippen LogP) is 4.19. The van der Waals surface area contributed by atoms with E-state index in [1.54, 1.807) is 47.4 Å². The SMILES string of the molecule is Cc1ccc(S(=O)(=O)Nc2ccccc2NC(=O)N2CCCC2)c(Br)c1. The molecule has 2 aromatic rings. The van der Waals surface area contributed by atoms with Gasteiger partial charge in [-0.1, -0.05) is 18.2 Å². The molecule has 138 valence electrons. The minimum atomic E-state index is -3.80. The van der Waals surface area contributed by atoms with Crippen LogP contribution in [0.3, 0.4) is 0 Å². The number of carbonyl (C=O) groups excluding carboxylic acids is 1. The van der Waals surface area contributed by atoms with Crippen molar-refractivity contribution in [1.82, 2.24) is 4.90 Å². The van der Waals surface area contributed by atoms with Gasteiger partial charge in [-0.25, -0.2) is 13.2 Å². The zero-order valence-electron chi connectivity index (χ0n) is 14.3. The van der Waals surface area contributed by atoms with Crippen molar-refractivity contribution in [3.63, 3.8) is 0 Å². The van der Waals surface area contributed by atoms with Gasteiger partial charge in [0.2, 0.25) is 0 Å². The molecular weight excluding hydrogens is 418 g/mol. The Hall–Kier alpha value is -2.06. The van der Waals surface area contributed by atoms with Crippen molar-refractivity contribution in [2.24, 2.45) is 0 Å². The fraction of sp³-hybridized carbons (Fsp3) is 0.278. The van der Waals surface area contributed by atoms with Crippen LogP contribution >= 0.6 is 15.9 Å². The van der Waals surface area contributed by atoms with E-state index in [1.165, 1.54) is 0 Å². The molecule has 0 atom stereocenters. The van der Waals surface area contributed by atoms with Gasteiger partial charge in [-0.15, -0.1) is 0 Å². The molecule has 6 nitrogen and oxygen atoms in total. The number of nitrogens with zero attached hydrogens (tertiary/aromatic N) is 1. The summed E-state index contributed by atoms with van der Waals surface area (Å²) in [4.78, 5) is 14.2. The van der Waals surface area contributed by atoms with Gasteiger partial charge in [0.25, 0.3) is 10.0 Å². The number of hydrogen-bond donors (Lipinski definition) is 2. The molecule has 0 radical (unpaired) electrons. The van der Waals surface area contributed by atoms with Crippen LogP contribution in [-0.2, 0) is 10.0 Å². The summed E-state index contributed by atoms with van der Waals surface area (Å²) in [5.74, 6) is 0. The number of benzene rings is 2. The second-order valence-electron chi connectivity index (χ2n) is 6.21. The van der Waals surface area contributed by atoms with Crippen molar-refractivity contribution >= 4 is 43.4 Å². The van der Waals surface area contributed by atoms with Gasteiger partial charge < -0.3 is 10.2 Å². The van der Waals surface area contributed by atoms with Crippen LogP contribution in [0, 0.1) is 6.92 Å². The van der Waals surface area contributed by atoms with E-state index in [9.17, 15) is 13.2 Å². The molecule has 0 unspecified atom stereocenters. The van der Waals surface area contributed by atoms with Gasteiger partial charge in [0.05, 0.1) is 11.4 Å². The Morgan fingerprint density at radius 3 is 2.38 bits per heavy atom. The molecule has 0 aliphatic carbocycles. The van der Waals surface area contributed by atoms with Crippen molar-refractivity contribution in [3.05, 3.63) is 52.5 Å². The van der Waals surface area contributed by atoms with E-state index in [2.05, 4.69) is 26.0 Å². The van der Waals surface area contributed by atoms with Crippen molar-refractivity contribution in [3.8, 4) is 0 Å². The highest BCUT2D eigenvalue weighted by Gasteiger charge is 2.22. The maximum Gasteiger partial charge on any atom is 0.321 e. The number of rotatable bonds is 4. The summed E-state index contributed by atoms with van der Waals surface area (Å²) in [5.41, 5.74) is 1.71. The lowest BCUT2D eigenvalue weighted by atomic mass is 10.2. The van der Waals surface area contributed by atoms with Crippen molar-refractivity contribution in [2.75, 3.05) is 23.1 Å². The standard InChI is InChI=1S/C18H20BrN3O3S/c1-13-8-9-17(14(19)12-13)26(24,25)21-16-7-3-2-6-15(16)20-18(23)22-10-4-5-11-22/h2-3,6-9,12,21H,4-5,10-11H2,1H3,(H,20,23). The smallest absolute Gasteiger partial charge is 0.321 e. The van der Waals surface area contributed by atoms with E-state index in [1.807, 2.05) is 6.92 Å². The fourth-order valence-electron chi connectivity index (χ4n) is 2.82. The van der Waals surface area contributed by atoms with Gasteiger partial charge in [-0.3, -0.25) is 4.72 Å². The molecule has 1 aliphatic heterocycles. The van der Waals surface area contributed by atoms with Gasteiger partial charge in [-0.2, -0.15) is 0 Å². The van der Waals surface area contributed by atoms with Gasteiger partial charge in [0, 0.05) is 17.6 Å². The number of anilines is 2. The lowest BCUT2D eigenvalue weighted by molar-refractivity contribution is 0.222. The van der Waals surface area contributed by atoms with Crippen LogP contribution in [0.2, 0.25) is 0 Å². The average Bonchev–Trinajstić information content (AvgIpc) is 3.10. The molecule has 26 heavy (non-hydrogen) atoms. The number of aryl methyl sites for hydroxylation is 1. The Bertz CT molecular complexity index is 925. The second-order valence-corrected chi connectivity index (χ2v) is 8.71. The van der Waals surface area contributed by atoms with Gasteiger partial charge in [-0.05, 0) is 65.5 Å². The van der Waals surface area contributed by atoms with Gasteiger partial charge in [0.15, 0.2) is 0 Å². The Morgan fingerprint density at radius 1 is 1.08 bits per heavy atom. The number of hydrogen-bond acceptors (Lipinski definition) is 3. The molecule has 2 amide bonds. The van der Waals surface area contributed by atoms with Crippen LogP contribution in [0.4, 0.5) is 16.2 Å². The normalized spacial score (nSPS) is 14.3. The predicted molar refractivity (Wildman–Crippen MR) is 106 cm³/mol. The Balaban J connectivity index is 1.84. The maximum absolute atomic E-state index is 12.8. The Kier molecular flexibility index (Phi) is 5.52. The van der Waals surface area contributed by atoms with E-state index < -0.39 is 10.0 Å². The molecule has 1 fully saturated rings. The number of nitrogens with one attached hydrogen (secondary N) is 2. The molecule has 0 bridgehead atoms. The summed E-state index contributed by atoms with van der Waals surface area (Å²) in [6.45, 7) is 3.32. The van der Waals surface area contributed by atoms with E-state index in [0.29, 0.717) is 15.8 Å². The Morgan fingerprint density at radius 2 is 1.73 bits per heavy atom. The first-order valence-corrected chi connectivity index (χ1v) is 10.6. The third kappa shape index (κ3) is 4.19. The van der Waals surface area contributed by atoms with E-state index in [-0.39, 0.29) is 10.9 Å². The van der Waals surface area contributed by atoms with Gasteiger partial charge in [0.1, 0.15) is 4.90 Å². The zero-order chi connectivity index (χ0) is 18.7. The maximum atomic E-state index is 12.8. The monoisotopic (exact) mass is 437 g/mol. The summed E-state index contributed by atoms with van der Waals surface area (Å²) in [7, 11) is -3.80. The van der Waals surface area contributed by atoms with Crippen LogP contribution in [0.5, 0.6) is 0 Å². The molecule has 0 aromatic heterocycles. The van der Waals surface area contributed by atoms with Crippen LogP contribution in [0.1, 0.15) is 18.4 Å². The number of amides is 2. The van der Waals surface area contributed by atoms with Crippen molar-refractivity contribution in [1.29, 1.82) is 0 Å². The lowest BCUT2D eigenvalue weighted by Crippen LogP contribution is -2.32. The molecule has 0 spiro atoms.